The van der Waals surface area contributed by atoms with E-state index in [0.717, 1.165) is 6.42 Å². The average Bonchev–Trinajstić information content (AvgIpc) is 2.37. The van der Waals surface area contributed by atoms with Crippen molar-refractivity contribution >= 4 is 20.1 Å². The summed E-state index contributed by atoms with van der Waals surface area (Å²) >= 11 is 0. The third-order valence-electron chi connectivity index (χ3n) is 3.44. The van der Waals surface area contributed by atoms with Crippen molar-refractivity contribution in [2.24, 2.45) is 11.8 Å². The molecule has 0 saturated carbocycles. The maximum atomic E-state index is 12.5. The van der Waals surface area contributed by atoms with Gasteiger partial charge in [0, 0.05) is 26.1 Å². The average molecular weight is 288 g/mol. The van der Waals surface area contributed by atoms with Gasteiger partial charge in [0.15, 0.2) is 0 Å². The molecule has 0 atom stereocenters. The summed E-state index contributed by atoms with van der Waals surface area (Å²) in [6, 6.07) is 0.654. The Bertz CT molecular complexity index is 289. The van der Waals surface area contributed by atoms with Gasteiger partial charge in [-0.25, -0.2) is 0 Å². The molecular weight excluding hydrogens is 260 g/mol. The maximum absolute atomic E-state index is 12.5. The van der Waals surface area contributed by atoms with Crippen LogP contribution in [0.4, 0.5) is 0 Å². The Morgan fingerprint density at radius 1 is 0.947 bits per heavy atom. The van der Waals surface area contributed by atoms with Gasteiger partial charge >= 0.3 is 8.56 Å². The van der Waals surface area contributed by atoms with Crippen LogP contribution in [0.2, 0.25) is 11.6 Å². The van der Waals surface area contributed by atoms with Gasteiger partial charge in [-0.2, -0.15) is 0 Å². The molecule has 0 unspecified atom stereocenters. The zero-order valence-electron chi connectivity index (χ0n) is 13.3. The lowest BCUT2D eigenvalue weighted by Gasteiger charge is -2.34. The summed E-state index contributed by atoms with van der Waals surface area (Å²) in [4.78, 5) is 25.0. The summed E-state index contributed by atoms with van der Waals surface area (Å²) in [5.74, 6) is -0.492. The van der Waals surface area contributed by atoms with Gasteiger partial charge in [0.25, 0.3) is 0 Å². The summed E-state index contributed by atoms with van der Waals surface area (Å²) < 4.78 is 11.2. The van der Waals surface area contributed by atoms with Crippen molar-refractivity contribution in [2.45, 2.75) is 52.6 Å². The highest BCUT2D eigenvalue weighted by Crippen LogP contribution is 2.34. The smallest absolute Gasteiger partial charge is 0.356 e. The zero-order chi connectivity index (χ0) is 15.2. The zero-order valence-corrected chi connectivity index (χ0v) is 14.3. The lowest BCUT2D eigenvalue weighted by molar-refractivity contribution is -0.131. The Labute approximate surface area is 118 Å². The highest BCUT2D eigenvalue weighted by Gasteiger charge is 2.52. The fraction of sp³-hybridized carbons (Fsp3) is 0.857. The number of carbonyl (C=O) groups excluding carboxylic acids is 2. The van der Waals surface area contributed by atoms with Gasteiger partial charge in [-0.15, -0.1) is 0 Å². The standard InChI is InChI=1S/C14H28O4Si/c1-8-9-19(17-6,18-7)14(12(15)10(2)3)13(16)11(4)5/h10-11,14H,8-9H2,1-7H3. The van der Waals surface area contributed by atoms with Crippen LogP contribution < -0.4 is 0 Å². The summed E-state index contributed by atoms with van der Waals surface area (Å²) in [6.45, 7) is 9.29. The maximum Gasteiger partial charge on any atom is 0.356 e. The number of ketones is 2. The molecule has 0 amide bonds. The summed E-state index contributed by atoms with van der Waals surface area (Å²) in [7, 11) is 0.287. The molecule has 0 aromatic heterocycles. The largest absolute Gasteiger partial charge is 0.397 e. The molecule has 0 saturated heterocycles. The van der Waals surface area contributed by atoms with E-state index in [2.05, 4.69) is 0 Å². The van der Waals surface area contributed by atoms with Crippen LogP contribution in [0.1, 0.15) is 41.0 Å². The molecule has 112 valence electrons. The van der Waals surface area contributed by atoms with Crippen LogP contribution in [0.3, 0.4) is 0 Å². The van der Waals surface area contributed by atoms with Gasteiger partial charge in [-0.3, -0.25) is 9.59 Å². The van der Waals surface area contributed by atoms with E-state index in [4.69, 9.17) is 8.85 Å². The van der Waals surface area contributed by atoms with Gasteiger partial charge in [0.05, 0.1) is 0 Å². The molecule has 0 aliphatic heterocycles. The fourth-order valence-electron chi connectivity index (χ4n) is 2.26. The van der Waals surface area contributed by atoms with Gasteiger partial charge in [-0.05, 0) is 6.04 Å². The monoisotopic (exact) mass is 288 g/mol. The van der Waals surface area contributed by atoms with E-state index in [1.165, 1.54) is 0 Å². The molecule has 0 bridgehead atoms. The highest BCUT2D eigenvalue weighted by atomic mass is 28.4. The van der Waals surface area contributed by atoms with Gasteiger partial charge in [0.1, 0.15) is 17.1 Å². The molecule has 19 heavy (non-hydrogen) atoms. The van der Waals surface area contributed by atoms with Gasteiger partial charge in [-0.1, -0.05) is 41.0 Å². The van der Waals surface area contributed by atoms with Crippen LogP contribution in [-0.4, -0.2) is 34.3 Å². The SMILES string of the molecule is CCC[Si](OC)(OC)C(C(=O)C(C)C)C(=O)C(C)C. The summed E-state index contributed by atoms with van der Waals surface area (Å²) in [5, 5.41) is 0. The normalized spacial score (nSPS) is 12.5. The topological polar surface area (TPSA) is 52.6 Å². The second-order valence-electron chi connectivity index (χ2n) is 5.52. The van der Waals surface area contributed by atoms with E-state index in [0.29, 0.717) is 6.04 Å². The van der Waals surface area contributed by atoms with Crippen molar-refractivity contribution in [1.29, 1.82) is 0 Å². The van der Waals surface area contributed by atoms with Crippen molar-refractivity contribution in [1.82, 2.24) is 0 Å². The molecule has 0 radical (unpaired) electrons. The number of carbonyl (C=O) groups is 2. The van der Waals surface area contributed by atoms with Crippen LogP contribution in [0.25, 0.3) is 0 Å². The molecular formula is C14H28O4Si. The minimum absolute atomic E-state index is 0.0532. The van der Waals surface area contributed by atoms with Crippen molar-refractivity contribution < 1.29 is 18.4 Å². The van der Waals surface area contributed by atoms with E-state index < -0.39 is 14.1 Å². The molecule has 0 fully saturated rings. The fourth-order valence-corrected chi connectivity index (χ4v) is 5.82. The minimum atomic E-state index is -2.82. The molecule has 0 N–H and O–H groups in total. The van der Waals surface area contributed by atoms with Crippen molar-refractivity contribution in [3.8, 4) is 0 Å². The molecule has 0 spiro atoms. The molecule has 0 aliphatic carbocycles. The minimum Gasteiger partial charge on any atom is -0.397 e. The third-order valence-corrected chi connectivity index (χ3v) is 7.46. The third kappa shape index (κ3) is 4.23. The number of Topliss-reactive ketones (excluding diaryl/α,β-unsaturated/α-hetero) is 2. The second-order valence-corrected chi connectivity index (χ2v) is 9.03. The second kappa shape index (κ2) is 7.92. The Hall–Kier alpha value is -0.523. The number of hydrogen-bond acceptors (Lipinski definition) is 4. The summed E-state index contributed by atoms with van der Waals surface area (Å²) in [5.41, 5.74) is -0.720. The Morgan fingerprint density at radius 2 is 1.32 bits per heavy atom. The van der Waals surface area contributed by atoms with Crippen molar-refractivity contribution in [3.63, 3.8) is 0 Å². The molecule has 0 rings (SSSR count). The molecule has 5 heteroatoms. The van der Waals surface area contributed by atoms with Crippen LogP contribution >= 0.6 is 0 Å². The van der Waals surface area contributed by atoms with E-state index in [1.807, 2.05) is 34.6 Å². The van der Waals surface area contributed by atoms with Crippen LogP contribution in [0, 0.1) is 11.8 Å². The van der Waals surface area contributed by atoms with Gasteiger partial charge in [0.2, 0.25) is 0 Å². The Balaban J connectivity index is 5.65. The molecule has 0 heterocycles. The predicted molar refractivity (Wildman–Crippen MR) is 78.3 cm³/mol. The lowest BCUT2D eigenvalue weighted by Crippen LogP contribution is -2.52. The van der Waals surface area contributed by atoms with Gasteiger partial charge < -0.3 is 8.85 Å². The Morgan fingerprint density at radius 3 is 1.53 bits per heavy atom. The molecule has 0 aromatic carbocycles. The van der Waals surface area contributed by atoms with E-state index in [-0.39, 0.29) is 23.4 Å². The van der Waals surface area contributed by atoms with Crippen LogP contribution in [-0.2, 0) is 18.4 Å². The van der Waals surface area contributed by atoms with Crippen LogP contribution in [0.5, 0.6) is 0 Å². The predicted octanol–water partition coefficient (Wildman–Crippen LogP) is 2.95. The number of rotatable bonds is 9. The molecule has 4 nitrogen and oxygen atoms in total. The first-order valence-corrected chi connectivity index (χ1v) is 9.05. The lowest BCUT2D eigenvalue weighted by atomic mass is 9.97. The van der Waals surface area contributed by atoms with E-state index >= 15 is 0 Å². The Kier molecular flexibility index (Phi) is 7.70. The summed E-state index contributed by atoms with van der Waals surface area (Å²) in [6.07, 6.45) is 0.834. The first-order chi connectivity index (χ1) is 8.77. The quantitative estimate of drug-likeness (QED) is 0.483. The van der Waals surface area contributed by atoms with Crippen molar-refractivity contribution in [3.05, 3.63) is 0 Å². The van der Waals surface area contributed by atoms with E-state index in [9.17, 15) is 9.59 Å². The number of hydrogen-bond donors (Lipinski definition) is 0. The van der Waals surface area contributed by atoms with E-state index in [1.54, 1.807) is 14.2 Å². The van der Waals surface area contributed by atoms with Crippen LogP contribution in [0.15, 0.2) is 0 Å². The first-order valence-electron chi connectivity index (χ1n) is 6.95. The van der Waals surface area contributed by atoms with Crippen molar-refractivity contribution in [2.75, 3.05) is 14.2 Å². The molecule has 0 aromatic rings. The molecule has 0 aliphatic rings. The highest BCUT2D eigenvalue weighted by molar-refractivity contribution is 6.76. The first kappa shape index (κ1) is 18.5.